The summed E-state index contributed by atoms with van der Waals surface area (Å²) in [5.41, 5.74) is 3.38. The Morgan fingerprint density at radius 2 is 1.90 bits per heavy atom. The molecule has 4 aromatic rings. The first-order valence-electron chi connectivity index (χ1n) is 9.46. The number of aromatic nitrogens is 4. The van der Waals surface area contributed by atoms with Crippen LogP contribution in [0.2, 0.25) is 0 Å². The Morgan fingerprint density at radius 1 is 1.10 bits per heavy atom. The standard InChI is InChI=1S/C21H21N5O2S/c1-3-26-17-8-6-5-7-16(17)19-20(26)23-21(25-24-19)29-13-18(27)22-14-9-11-15(12-10-14)28-4-2/h5-12H,3-4,13H2,1-2H3,(H,22,27). The van der Waals surface area contributed by atoms with Gasteiger partial charge in [-0.15, -0.1) is 10.2 Å². The molecule has 0 atom stereocenters. The molecule has 0 unspecified atom stereocenters. The number of carbonyl (C=O) groups excluding carboxylic acids is 1. The smallest absolute Gasteiger partial charge is 0.234 e. The molecule has 0 bridgehead atoms. The fourth-order valence-corrected chi connectivity index (χ4v) is 3.78. The molecule has 0 fully saturated rings. The van der Waals surface area contributed by atoms with E-state index in [1.165, 1.54) is 11.8 Å². The second-order valence-corrected chi connectivity index (χ2v) is 7.26. The molecule has 0 aliphatic carbocycles. The number of rotatable bonds is 7. The van der Waals surface area contributed by atoms with Gasteiger partial charge in [-0.1, -0.05) is 30.0 Å². The Morgan fingerprint density at radius 3 is 2.66 bits per heavy atom. The zero-order valence-electron chi connectivity index (χ0n) is 16.3. The number of fused-ring (bicyclic) bond motifs is 3. The van der Waals surface area contributed by atoms with Crippen molar-refractivity contribution in [2.45, 2.75) is 25.5 Å². The largest absolute Gasteiger partial charge is 0.494 e. The molecule has 1 N–H and O–H groups in total. The molecule has 1 amide bonds. The second-order valence-electron chi connectivity index (χ2n) is 6.32. The van der Waals surface area contributed by atoms with E-state index in [-0.39, 0.29) is 11.7 Å². The highest BCUT2D eigenvalue weighted by Gasteiger charge is 2.14. The lowest BCUT2D eigenvalue weighted by Gasteiger charge is -2.07. The molecule has 0 radical (unpaired) electrons. The van der Waals surface area contributed by atoms with Crippen LogP contribution in [0.4, 0.5) is 5.69 Å². The summed E-state index contributed by atoms with van der Waals surface area (Å²) in [6.45, 7) is 5.40. The summed E-state index contributed by atoms with van der Waals surface area (Å²) < 4.78 is 7.52. The maximum absolute atomic E-state index is 12.3. The maximum atomic E-state index is 12.3. The van der Waals surface area contributed by atoms with E-state index in [0.29, 0.717) is 11.8 Å². The Kier molecular flexibility index (Phi) is 5.62. The zero-order chi connectivity index (χ0) is 20.2. The quantitative estimate of drug-likeness (QED) is 0.464. The van der Waals surface area contributed by atoms with Crippen molar-refractivity contribution in [1.82, 2.24) is 19.7 Å². The molecule has 2 heterocycles. The third kappa shape index (κ3) is 4.02. The molecule has 2 aromatic heterocycles. The van der Waals surface area contributed by atoms with E-state index in [1.807, 2.05) is 49.4 Å². The number of aryl methyl sites for hydroxylation is 1. The van der Waals surface area contributed by atoms with Gasteiger partial charge in [-0.3, -0.25) is 4.79 Å². The SMILES string of the molecule is CCOc1ccc(NC(=O)CSc2nnc3c4ccccc4n(CC)c3n2)cc1. The van der Waals surface area contributed by atoms with Crippen molar-refractivity contribution in [3.05, 3.63) is 48.5 Å². The van der Waals surface area contributed by atoms with Crippen LogP contribution in [-0.2, 0) is 11.3 Å². The van der Waals surface area contributed by atoms with Crippen LogP contribution in [0.3, 0.4) is 0 Å². The predicted octanol–water partition coefficient (Wildman–Crippen LogP) is 4.13. The first-order valence-corrected chi connectivity index (χ1v) is 10.4. The molecule has 8 heteroatoms. The molecule has 0 saturated carbocycles. The minimum atomic E-state index is -0.126. The molecule has 4 rings (SSSR count). The van der Waals surface area contributed by atoms with Gasteiger partial charge < -0.3 is 14.6 Å². The van der Waals surface area contributed by atoms with Gasteiger partial charge in [0.15, 0.2) is 5.65 Å². The van der Waals surface area contributed by atoms with E-state index in [2.05, 4.69) is 38.1 Å². The summed E-state index contributed by atoms with van der Waals surface area (Å²) in [6.07, 6.45) is 0. The maximum Gasteiger partial charge on any atom is 0.234 e. The fraction of sp³-hybridized carbons (Fsp3) is 0.238. The predicted molar refractivity (Wildman–Crippen MR) is 115 cm³/mol. The van der Waals surface area contributed by atoms with Crippen molar-refractivity contribution in [1.29, 1.82) is 0 Å². The van der Waals surface area contributed by atoms with Crippen LogP contribution in [0.1, 0.15) is 13.8 Å². The van der Waals surface area contributed by atoms with E-state index >= 15 is 0 Å². The van der Waals surface area contributed by atoms with E-state index < -0.39 is 0 Å². The molecule has 0 aliphatic rings. The van der Waals surface area contributed by atoms with E-state index in [1.54, 1.807) is 0 Å². The third-order valence-corrected chi connectivity index (χ3v) is 5.29. The van der Waals surface area contributed by atoms with Gasteiger partial charge in [0.05, 0.1) is 17.9 Å². The van der Waals surface area contributed by atoms with E-state index in [9.17, 15) is 4.79 Å². The normalized spacial score (nSPS) is 11.1. The lowest BCUT2D eigenvalue weighted by molar-refractivity contribution is -0.113. The number of nitrogens with zero attached hydrogens (tertiary/aromatic N) is 4. The Bertz CT molecular complexity index is 1160. The summed E-state index contributed by atoms with van der Waals surface area (Å²) in [4.78, 5) is 16.9. The Hall–Kier alpha value is -3.13. The van der Waals surface area contributed by atoms with Crippen molar-refractivity contribution in [3.63, 3.8) is 0 Å². The molecular formula is C21H21N5O2S. The number of amides is 1. The van der Waals surface area contributed by atoms with E-state index in [0.717, 1.165) is 40.0 Å². The van der Waals surface area contributed by atoms with Gasteiger partial charge in [0.25, 0.3) is 0 Å². The topological polar surface area (TPSA) is 81.9 Å². The monoisotopic (exact) mass is 407 g/mol. The molecule has 2 aromatic carbocycles. The van der Waals surface area contributed by atoms with Gasteiger partial charge in [-0.25, -0.2) is 4.98 Å². The Balaban J connectivity index is 1.46. The van der Waals surface area contributed by atoms with Gasteiger partial charge in [-0.2, -0.15) is 0 Å². The van der Waals surface area contributed by atoms with Crippen LogP contribution in [0.5, 0.6) is 5.75 Å². The first kappa shape index (κ1) is 19.2. The van der Waals surface area contributed by atoms with Crippen molar-refractivity contribution in [2.75, 3.05) is 17.7 Å². The van der Waals surface area contributed by atoms with Gasteiger partial charge in [-0.05, 0) is 44.2 Å². The van der Waals surface area contributed by atoms with Crippen molar-refractivity contribution in [3.8, 4) is 5.75 Å². The minimum Gasteiger partial charge on any atom is -0.494 e. The van der Waals surface area contributed by atoms with Crippen LogP contribution in [0.15, 0.2) is 53.7 Å². The number of para-hydroxylation sites is 1. The third-order valence-electron chi connectivity index (χ3n) is 4.45. The fourth-order valence-electron chi connectivity index (χ4n) is 3.20. The highest BCUT2D eigenvalue weighted by atomic mass is 32.2. The summed E-state index contributed by atoms with van der Waals surface area (Å²) in [7, 11) is 0. The minimum absolute atomic E-state index is 0.126. The lowest BCUT2D eigenvalue weighted by Crippen LogP contribution is -2.14. The molecule has 0 saturated heterocycles. The number of hydrogen-bond acceptors (Lipinski definition) is 6. The van der Waals surface area contributed by atoms with Crippen molar-refractivity contribution >= 4 is 45.4 Å². The summed E-state index contributed by atoms with van der Waals surface area (Å²) in [5.74, 6) is 0.852. The Labute approximate surface area is 172 Å². The second kappa shape index (κ2) is 8.48. The average molecular weight is 407 g/mol. The molecule has 29 heavy (non-hydrogen) atoms. The van der Waals surface area contributed by atoms with Gasteiger partial charge in [0.1, 0.15) is 11.3 Å². The number of carbonyl (C=O) groups is 1. The van der Waals surface area contributed by atoms with Gasteiger partial charge >= 0.3 is 0 Å². The number of hydrogen-bond donors (Lipinski definition) is 1. The van der Waals surface area contributed by atoms with Crippen LogP contribution < -0.4 is 10.1 Å². The molecule has 0 aliphatic heterocycles. The van der Waals surface area contributed by atoms with Crippen LogP contribution >= 0.6 is 11.8 Å². The zero-order valence-corrected chi connectivity index (χ0v) is 17.1. The van der Waals surface area contributed by atoms with Crippen LogP contribution in [0.25, 0.3) is 22.1 Å². The van der Waals surface area contributed by atoms with Crippen LogP contribution in [0, 0.1) is 0 Å². The lowest BCUT2D eigenvalue weighted by atomic mass is 10.2. The summed E-state index contributed by atoms with van der Waals surface area (Å²) in [5, 5.41) is 13.0. The first-order chi connectivity index (χ1) is 14.2. The van der Waals surface area contributed by atoms with Crippen molar-refractivity contribution < 1.29 is 9.53 Å². The summed E-state index contributed by atoms with van der Waals surface area (Å²) in [6, 6.07) is 15.4. The number of ether oxygens (including phenoxy) is 1. The molecule has 0 spiro atoms. The summed E-state index contributed by atoms with van der Waals surface area (Å²) >= 11 is 1.27. The van der Waals surface area contributed by atoms with Gasteiger partial charge in [0.2, 0.25) is 11.1 Å². The average Bonchev–Trinajstić information content (AvgIpc) is 3.07. The highest BCUT2D eigenvalue weighted by Crippen LogP contribution is 2.27. The van der Waals surface area contributed by atoms with Gasteiger partial charge in [0, 0.05) is 17.6 Å². The number of anilines is 1. The number of thioether (sulfide) groups is 1. The highest BCUT2D eigenvalue weighted by molar-refractivity contribution is 7.99. The molecular weight excluding hydrogens is 386 g/mol. The van der Waals surface area contributed by atoms with Crippen LogP contribution in [-0.4, -0.2) is 38.0 Å². The van der Waals surface area contributed by atoms with E-state index in [4.69, 9.17) is 4.74 Å². The number of benzene rings is 2. The molecule has 7 nitrogen and oxygen atoms in total. The van der Waals surface area contributed by atoms with Crippen molar-refractivity contribution in [2.24, 2.45) is 0 Å². The number of nitrogens with one attached hydrogen (secondary N) is 1. The molecule has 148 valence electrons.